The third kappa shape index (κ3) is 5.21. The molecule has 0 bridgehead atoms. The largest absolute Gasteiger partial charge is 0.488 e. The van der Waals surface area contributed by atoms with E-state index in [0.29, 0.717) is 19.2 Å². The minimum atomic E-state index is 0.557. The molecule has 0 unspecified atom stereocenters. The molecule has 0 amide bonds. The Bertz CT molecular complexity index is 1260. The van der Waals surface area contributed by atoms with Gasteiger partial charge in [0.05, 0.1) is 13.1 Å². The predicted molar refractivity (Wildman–Crippen MR) is 155 cm³/mol. The maximum absolute atomic E-state index is 5.93. The van der Waals surface area contributed by atoms with Crippen molar-refractivity contribution in [1.29, 1.82) is 0 Å². The lowest BCUT2D eigenvalue weighted by Gasteiger charge is -2.39. The molecule has 1 fully saturated rings. The molecule has 7 nitrogen and oxygen atoms in total. The standard InChI is InChI=1S/C31H42N6O/c1-7-24-10-9-11-25(8-2)28(24)29-33-23(6)26(30(34-29)36-16-14-35(15-17-36)21(3)4)20-37-18-19-38-27-13-12-22(5)32-31(27)37/h9-13,21H,7-8,14-20H2,1-6H3. The van der Waals surface area contributed by atoms with Crippen LogP contribution < -0.4 is 14.5 Å². The summed E-state index contributed by atoms with van der Waals surface area (Å²) in [6.45, 7) is 19.4. The highest BCUT2D eigenvalue weighted by atomic mass is 16.5. The molecular formula is C31H42N6O. The maximum Gasteiger partial charge on any atom is 0.172 e. The van der Waals surface area contributed by atoms with Crippen LogP contribution in [-0.2, 0) is 19.4 Å². The number of fused-ring (bicyclic) bond motifs is 1. The zero-order valence-corrected chi connectivity index (χ0v) is 23.9. The average Bonchev–Trinajstić information content (AvgIpc) is 2.93. The first-order valence-corrected chi connectivity index (χ1v) is 14.2. The first-order valence-electron chi connectivity index (χ1n) is 14.2. The molecule has 5 rings (SSSR count). The van der Waals surface area contributed by atoms with Gasteiger partial charge in [0.2, 0.25) is 0 Å². The number of nitrogens with zero attached hydrogens (tertiary/aromatic N) is 6. The summed E-state index contributed by atoms with van der Waals surface area (Å²) in [4.78, 5) is 22.8. The van der Waals surface area contributed by atoms with E-state index in [0.717, 1.165) is 80.2 Å². The van der Waals surface area contributed by atoms with Gasteiger partial charge in [-0.3, -0.25) is 4.90 Å². The maximum atomic E-state index is 5.93. The van der Waals surface area contributed by atoms with Crippen molar-refractivity contribution in [2.24, 2.45) is 0 Å². The van der Waals surface area contributed by atoms with Gasteiger partial charge in [-0.15, -0.1) is 0 Å². The highest BCUT2D eigenvalue weighted by molar-refractivity contribution is 5.68. The number of benzene rings is 1. The number of aromatic nitrogens is 3. The molecule has 2 aliphatic rings. The van der Waals surface area contributed by atoms with Crippen molar-refractivity contribution >= 4 is 11.6 Å². The predicted octanol–water partition coefficient (Wildman–Crippen LogP) is 5.21. The number of hydrogen-bond acceptors (Lipinski definition) is 7. The zero-order valence-electron chi connectivity index (χ0n) is 23.9. The van der Waals surface area contributed by atoms with E-state index >= 15 is 0 Å². The lowest BCUT2D eigenvalue weighted by Crippen LogP contribution is -2.49. The highest BCUT2D eigenvalue weighted by Gasteiger charge is 2.28. The van der Waals surface area contributed by atoms with Crippen LogP contribution in [0.2, 0.25) is 0 Å². The molecule has 7 heteroatoms. The summed E-state index contributed by atoms with van der Waals surface area (Å²) in [5.41, 5.74) is 7.07. The molecule has 2 aromatic heterocycles. The summed E-state index contributed by atoms with van der Waals surface area (Å²) in [5.74, 6) is 3.70. The van der Waals surface area contributed by atoms with Gasteiger partial charge in [0.25, 0.3) is 0 Å². The molecule has 0 spiro atoms. The molecular weight excluding hydrogens is 472 g/mol. The quantitative estimate of drug-likeness (QED) is 0.429. The minimum Gasteiger partial charge on any atom is -0.488 e. The Morgan fingerprint density at radius 3 is 2.21 bits per heavy atom. The molecule has 2 aliphatic heterocycles. The Kier molecular flexibility index (Phi) is 7.84. The molecule has 1 aromatic carbocycles. The highest BCUT2D eigenvalue weighted by Crippen LogP contribution is 2.35. The number of ether oxygens (including phenoxy) is 1. The molecule has 0 radical (unpaired) electrons. The average molecular weight is 515 g/mol. The van der Waals surface area contributed by atoms with Crippen molar-refractivity contribution in [2.45, 2.75) is 67.0 Å². The molecule has 1 saturated heterocycles. The van der Waals surface area contributed by atoms with E-state index in [9.17, 15) is 0 Å². The lowest BCUT2D eigenvalue weighted by molar-refractivity contribution is 0.209. The Morgan fingerprint density at radius 2 is 1.55 bits per heavy atom. The van der Waals surface area contributed by atoms with Crippen molar-refractivity contribution < 1.29 is 4.74 Å². The van der Waals surface area contributed by atoms with Crippen molar-refractivity contribution in [3.8, 4) is 17.1 Å². The second-order valence-corrected chi connectivity index (χ2v) is 10.8. The van der Waals surface area contributed by atoms with E-state index in [1.807, 2.05) is 19.1 Å². The summed E-state index contributed by atoms with van der Waals surface area (Å²) < 4.78 is 5.93. The monoisotopic (exact) mass is 514 g/mol. The third-order valence-corrected chi connectivity index (χ3v) is 8.00. The van der Waals surface area contributed by atoms with Crippen LogP contribution in [0.15, 0.2) is 30.3 Å². The van der Waals surface area contributed by atoms with E-state index in [4.69, 9.17) is 19.7 Å². The lowest BCUT2D eigenvalue weighted by atomic mass is 9.96. The number of hydrogen-bond donors (Lipinski definition) is 0. The van der Waals surface area contributed by atoms with Crippen molar-refractivity contribution in [3.63, 3.8) is 0 Å². The number of anilines is 2. The summed E-state index contributed by atoms with van der Waals surface area (Å²) in [6.07, 6.45) is 1.93. The van der Waals surface area contributed by atoms with Crippen LogP contribution in [0.1, 0.15) is 55.8 Å². The van der Waals surface area contributed by atoms with E-state index in [1.165, 1.54) is 22.3 Å². The first kappa shape index (κ1) is 26.4. The number of rotatable bonds is 7. The molecule has 38 heavy (non-hydrogen) atoms. The Balaban J connectivity index is 1.59. The van der Waals surface area contributed by atoms with E-state index in [1.54, 1.807) is 0 Å². The summed E-state index contributed by atoms with van der Waals surface area (Å²) >= 11 is 0. The number of piperazine rings is 1. The molecule has 202 valence electrons. The molecule has 0 aliphatic carbocycles. The minimum absolute atomic E-state index is 0.557. The zero-order chi connectivity index (χ0) is 26.8. The molecule has 0 atom stereocenters. The van der Waals surface area contributed by atoms with Crippen LogP contribution >= 0.6 is 0 Å². The number of aryl methyl sites for hydroxylation is 4. The molecule has 4 heterocycles. The fourth-order valence-electron chi connectivity index (χ4n) is 5.71. The van der Waals surface area contributed by atoms with Crippen molar-refractivity contribution in [2.75, 3.05) is 49.1 Å². The Morgan fingerprint density at radius 1 is 0.842 bits per heavy atom. The van der Waals surface area contributed by atoms with Crippen molar-refractivity contribution in [1.82, 2.24) is 19.9 Å². The van der Waals surface area contributed by atoms with Gasteiger partial charge in [-0.2, -0.15) is 0 Å². The molecule has 3 aromatic rings. The number of pyridine rings is 1. The van der Waals surface area contributed by atoms with E-state index < -0.39 is 0 Å². The smallest absolute Gasteiger partial charge is 0.172 e. The van der Waals surface area contributed by atoms with E-state index in [-0.39, 0.29) is 0 Å². The second kappa shape index (κ2) is 11.3. The van der Waals surface area contributed by atoms with Gasteiger partial charge in [0.15, 0.2) is 17.4 Å². The van der Waals surface area contributed by atoms with Gasteiger partial charge in [0.1, 0.15) is 12.4 Å². The van der Waals surface area contributed by atoms with Crippen LogP contribution in [-0.4, -0.2) is 65.2 Å². The van der Waals surface area contributed by atoms with E-state index in [2.05, 4.69) is 67.5 Å². The fraction of sp³-hybridized carbons (Fsp3) is 0.516. The van der Waals surface area contributed by atoms with Crippen LogP contribution in [0.4, 0.5) is 11.6 Å². The van der Waals surface area contributed by atoms with Gasteiger partial charge < -0.3 is 14.5 Å². The normalized spacial score (nSPS) is 16.1. The van der Waals surface area contributed by atoms with Crippen LogP contribution in [0.25, 0.3) is 11.4 Å². The van der Waals surface area contributed by atoms with Gasteiger partial charge in [-0.1, -0.05) is 32.0 Å². The van der Waals surface area contributed by atoms with Crippen LogP contribution in [0, 0.1) is 13.8 Å². The van der Waals surface area contributed by atoms with Gasteiger partial charge >= 0.3 is 0 Å². The Hall–Kier alpha value is -3.19. The third-order valence-electron chi connectivity index (χ3n) is 8.00. The Labute approximate surface area is 227 Å². The first-order chi connectivity index (χ1) is 18.4. The SMILES string of the molecule is CCc1cccc(CC)c1-c1nc(C)c(CN2CCOc3ccc(C)nc32)c(N2CCN(C(C)C)CC2)n1. The van der Waals surface area contributed by atoms with Gasteiger partial charge in [0, 0.05) is 54.7 Å². The molecule has 0 N–H and O–H groups in total. The van der Waals surface area contributed by atoms with Gasteiger partial charge in [-0.25, -0.2) is 15.0 Å². The summed E-state index contributed by atoms with van der Waals surface area (Å²) in [6, 6.07) is 11.2. The van der Waals surface area contributed by atoms with Gasteiger partial charge in [-0.05, 0) is 63.8 Å². The van der Waals surface area contributed by atoms with Crippen molar-refractivity contribution in [3.05, 3.63) is 58.4 Å². The topological polar surface area (TPSA) is 57.6 Å². The summed E-state index contributed by atoms with van der Waals surface area (Å²) in [5, 5.41) is 0. The van der Waals surface area contributed by atoms with Crippen LogP contribution in [0.3, 0.4) is 0 Å². The fourth-order valence-corrected chi connectivity index (χ4v) is 5.71. The van der Waals surface area contributed by atoms with Crippen LogP contribution in [0.5, 0.6) is 5.75 Å². The molecule has 0 saturated carbocycles. The second-order valence-electron chi connectivity index (χ2n) is 10.8. The summed E-state index contributed by atoms with van der Waals surface area (Å²) in [7, 11) is 0.